The SMILES string of the molecule is CC1OC(CSOO[O-])C2OC(C)(C)OC12.[Na+]. The molecule has 0 N–H and O–H groups in total. The second kappa shape index (κ2) is 6.51. The van der Waals surface area contributed by atoms with Crippen LogP contribution >= 0.6 is 12.0 Å². The summed E-state index contributed by atoms with van der Waals surface area (Å²) >= 11 is 0.906. The molecule has 94 valence electrons. The Kier molecular flexibility index (Phi) is 6.19. The van der Waals surface area contributed by atoms with Crippen molar-refractivity contribution in [2.75, 3.05) is 5.75 Å². The van der Waals surface area contributed by atoms with E-state index in [2.05, 4.69) is 9.37 Å². The van der Waals surface area contributed by atoms with Gasteiger partial charge in [-0.25, -0.2) is 0 Å². The van der Waals surface area contributed by atoms with Crippen molar-refractivity contribution in [2.24, 2.45) is 0 Å². The van der Waals surface area contributed by atoms with E-state index in [1.54, 1.807) is 0 Å². The molecule has 0 aromatic heterocycles. The maximum Gasteiger partial charge on any atom is 1.00 e. The Morgan fingerprint density at radius 2 is 1.94 bits per heavy atom. The summed E-state index contributed by atoms with van der Waals surface area (Å²) in [6.45, 7) is 5.69. The molecule has 4 unspecified atom stereocenters. The number of rotatable bonds is 4. The first-order valence-corrected chi connectivity index (χ1v) is 6.04. The number of hydrogen-bond acceptors (Lipinski definition) is 7. The van der Waals surface area contributed by atoms with Crippen LogP contribution in [0.15, 0.2) is 0 Å². The summed E-state index contributed by atoms with van der Waals surface area (Å²) in [7, 11) is 0. The third-order valence-corrected chi connectivity index (χ3v) is 3.31. The summed E-state index contributed by atoms with van der Waals surface area (Å²) in [6, 6.07) is 0. The van der Waals surface area contributed by atoms with Gasteiger partial charge in [0.25, 0.3) is 0 Å². The van der Waals surface area contributed by atoms with Crippen molar-refractivity contribution >= 4 is 12.0 Å². The van der Waals surface area contributed by atoms with E-state index in [-0.39, 0.29) is 54.0 Å². The zero-order chi connectivity index (χ0) is 11.8. The number of fused-ring (bicyclic) bond motifs is 1. The van der Waals surface area contributed by atoms with E-state index < -0.39 is 5.79 Å². The molecule has 2 aliphatic heterocycles. The molecular weight excluding hydrogens is 259 g/mol. The predicted octanol–water partition coefficient (Wildman–Crippen LogP) is -2.83. The summed E-state index contributed by atoms with van der Waals surface area (Å²) in [5, 5.41) is 12.9. The van der Waals surface area contributed by atoms with Crippen molar-refractivity contribution in [1.82, 2.24) is 0 Å². The van der Waals surface area contributed by atoms with Crippen LogP contribution in [0.4, 0.5) is 0 Å². The fraction of sp³-hybridized carbons (Fsp3) is 1.00. The van der Waals surface area contributed by atoms with Crippen molar-refractivity contribution < 1.29 is 58.4 Å². The topological polar surface area (TPSA) is 69.2 Å². The molecule has 6 nitrogen and oxygen atoms in total. The average Bonchev–Trinajstić information content (AvgIpc) is 2.64. The number of hydrogen-bond donors (Lipinski definition) is 0. The molecule has 8 heteroatoms. The monoisotopic (exact) mass is 274 g/mol. The molecule has 2 rings (SSSR count). The maximum absolute atomic E-state index is 9.66. The molecule has 0 aromatic carbocycles. The minimum atomic E-state index is -0.577. The normalized spacial score (nSPS) is 38.8. The van der Waals surface area contributed by atoms with Crippen molar-refractivity contribution in [3.63, 3.8) is 0 Å². The first kappa shape index (κ1) is 16.2. The molecule has 0 aliphatic carbocycles. The van der Waals surface area contributed by atoms with E-state index in [4.69, 9.17) is 14.2 Å². The molecule has 2 saturated heterocycles. The van der Waals surface area contributed by atoms with Crippen LogP contribution in [0, 0.1) is 0 Å². The van der Waals surface area contributed by atoms with Gasteiger partial charge < -0.3 is 19.5 Å². The zero-order valence-electron chi connectivity index (χ0n) is 10.4. The van der Waals surface area contributed by atoms with Crippen LogP contribution in [-0.4, -0.2) is 36.0 Å². The van der Waals surface area contributed by atoms with Gasteiger partial charge in [-0.15, -0.1) is 0 Å². The predicted molar refractivity (Wildman–Crippen MR) is 52.8 cm³/mol. The van der Waals surface area contributed by atoms with Gasteiger partial charge in [-0.3, -0.25) is 5.04 Å². The third-order valence-electron chi connectivity index (χ3n) is 2.69. The van der Waals surface area contributed by atoms with Gasteiger partial charge in [0.1, 0.15) is 12.2 Å². The van der Waals surface area contributed by atoms with E-state index in [0.29, 0.717) is 5.75 Å². The first-order valence-electron chi connectivity index (χ1n) is 5.13. The summed E-state index contributed by atoms with van der Waals surface area (Å²) in [5.74, 6) is -0.112. The van der Waals surface area contributed by atoms with E-state index in [1.807, 2.05) is 20.8 Å². The molecule has 0 amide bonds. The third kappa shape index (κ3) is 3.79. The minimum Gasteiger partial charge on any atom is -0.691 e. The van der Waals surface area contributed by atoms with E-state index in [9.17, 15) is 5.26 Å². The van der Waals surface area contributed by atoms with Crippen molar-refractivity contribution in [2.45, 2.75) is 51.0 Å². The second-order valence-electron chi connectivity index (χ2n) is 4.37. The molecule has 0 saturated carbocycles. The van der Waals surface area contributed by atoms with E-state index >= 15 is 0 Å². The average molecular weight is 274 g/mol. The summed E-state index contributed by atoms with van der Waals surface area (Å²) in [4.78, 5) is 0. The molecular formula is C9H15NaO6S. The molecule has 0 radical (unpaired) electrons. The van der Waals surface area contributed by atoms with Crippen LogP contribution in [0.5, 0.6) is 0 Å². The molecule has 2 heterocycles. The summed E-state index contributed by atoms with van der Waals surface area (Å²) < 4.78 is 21.4. The Morgan fingerprint density at radius 1 is 1.29 bits per heavy atom. The fourth-order valence-corrected chi connectivity index (χ4v) is 2.64. The van der Waals surface area contributed by atoms with E-state index in [1.165, 1.54) is 0 Å². The Morgan fingerprint density at radius 3 is 2.59 bits per heavy atom. The number of ether oxygens (including phenoxy) is 3. The van der Waals surface area contributed by atoms with Gasteiger partial charge in [-0.2, -0.15) is 4.33 Å². The van der Waals surface area contributed by atoms with Crippen LogP contribution < -0.4 is 34.8 Å². The zero-order valence-corrected chi connectivity index (χ0v) is 13.2. The van der Waals surface area contributed by atoms with Crippen molar-refractivity contribution in [1.29, 1.82) is 0 Å². The van der Waals surface area contributed by atoms with Crippen LogP contribution in [0.3, 0.4) is 0 Å². The first-order chi connectivity index (χ1) is 7.53. The molecule has 0 spiro atoms. The van der Waals surface area contributed by atoms with Gasteiger partial charge in [0.05, 0.1) is 18.0 Å². The standard InChI is InChI=1S/C9H16O6S.Na/c1-5-7-8(13-9(2,3)12-7)6(11-5)4-16-15-14-10;/h5-8,10H,4H2,1-3H3;/q;+1/p-1. The second-order valence-corrected chi connectivity index (χ2v) is 5.07. The maximum atomic E-state index is 9.66. The molecule has 17 heavy (non-hydrogen) atoms. The quantitative estimate of drug-likeness (QED) is 0.180. The van der Waals surface area contributed by atoms with Gasteiger partial charge in [-0.05, 0) is 20.8 Å². The Labute approximate surface area is 127 Å². The minimum absolute atomic E-state index is 0. The Hall–Kier alpha value is 1.11. The van der Waals surface area contributed by atoms with Gasteiger partial charge in [-0.1, -0.05) is 0 Å². The molecule has 2 aliphatic rings. The van der Waals surface area contributed by atoms with E-state index in [0.717, 1.165) is 12.0 Å². The van der Waals surface area contributed by atoms with Crippen LogP contribution in [0.25, 0.3) is 0 Å². The summed E-state index contributed by atoms with van der Waals surface area (Å²) in [5.41, 5.74) is 0. The Balaban J connectivity index is 0.00000144. The van der Waals surface area contributed by atoms with Gasteiger partial charge in [0.2, 0.25) is 0 Å². The summed E-state index contributed by atoms with van der Waals surface area (Å²) in [6.07, 6.45) is -0.353. The fourth-order valence-electron chi connectivity index (χ4n) is 2.15. The Bertz CT molecular complexity index is 254. The van der Waals surface area contributed by atoms with Crippen LogP contribution in [0.1, 0.15) is 20.8 Å². The van der Waals surface area contributed by atoms with Gasteiger partial charge in [0.15, 0.2) is 5.79 Å². The van der Waals surface area contributed by atoms with Gasteiger partial charge >= 0.3 is 29.6 Å². The molecule has 2 fully saturated rings. The smallest absolute Gasteiger partial charge is 0.691 e. The van der Waals surface area contributed by atoms with Crippen molar-refractivity contribution in [3.8, 4) is 0 Å². The molecule has 0 aromatic rings. The molecule has 4 atom stereocenters. The van der Waals surface area contributed by atoms with Crippen LogP contribution in [-0.2, 0) is 23.6 Å². The largest absolute Gasteiger partial charge is 1.00 e. The van der Waals surface area contributed by atoms with Gasteiger partial charge in [0, 0.05) is 12.0 Å². The van der Waals surface area contributed by atoms with Crippen LogP contribution in [0.2, 0.25) is 0 Å². The van der Waals surface area contributed by atoms with Crippen molar-refractivity contribution in [3.05, 3.63) is 0 Å². The molecule has 0 bridgehead atoms.